The number of aryl methyl sites for hydroxylation is 1. The molecule has 2 amide bonds. The lowest BCUT2D eigenvalue weighted by molar-refractivity contribution is -0.140. The van der Waals surface area contributed by atoms with E-state index in [1.807, 2.05) is 20.8 Å². The summed E-state index contributed by atoms with van der Waals surface area (Å²) >= 11 is 13.0. The van der Waals surface area contributed by atoms with Crippen LogP contribution in [0.25, 0.3) is 0 Å². The first-order valence-corrected chi connectivity index (χ1v) is 16.4. The molecule has 12 heteroatoms. The molecule has 238 valence electrons. The van der Waals surface area contributed by atoms with Gasteiger partial charge in [0.05, 0.1) is 24.8 Å². The van der Waals surface area contributed by atoms with Crippen molar-refractivity contribution >= 4 is 50.7 Å². The summed E-state index contributed by atoms with van der Waals surface area (Å²) in [6.07, 6.45) is 0.950. The van der Waals surface area contributed by atoms with Crippen molar-refractivity contribution in [2.45, 2.75) is 64.1 Å². The lowest BCUT2D eigenvalue weighted by Gasteiger charge is -2.34. The fraction of sp³-hybridized carbons (Fsp3) is 0.375. The Labute approximate surface area is 270 Å². The van der Waals surface area contributed by atoms with Crippen LogP contribution in [0.2, 0.25) is 10.0 Å². The van der Waals surface area contributed by atoms with Gasteiger partial charge in [0, 0.05) is 34.3 Å². The van der Waals surface area contributed by atoms with E-state index in [0.717, 1.165) is 9.87 Å². The highest BCUT2D eigenvalue weighted by Gasteiger charge is 2.35. The molecule has 0 radical (unpaired) electrons. The summed E-state index contributed by atoms with van der Waals surface area (Å²) in [5.74, 6) is -0.325. The molecule has 0 aliphatic carbocycles. The average Bonchev–Trinajstić information content (AvgIpc) is 3.00. The van der Waals surface area contributed by atoms with Crippen LogP contribution >= 0.6 is 23.2 Å². The third kappa shape index (κ3) is 8.16. The lowest BCUT2D eigenvalue weighted by Crippen LogP contribution is -2.53. The van der Waals surface area contributed by atoms with Gasteiger partial charge in [-0.2, -0.15) is 0 Å². The number of nitrogens with one attached hydrogen (secondary N) is 1. The maximum atomic E-state index is 14.3. The summed E-state index contributed by atoms with van der Waals surface area (Å²) in [5, 5.41) is 3.58. The van der Waals surface area contributed by atoms with Gasteiger partial charge < -0.3 is 19.7 Å². The van der Waals surface area contributed by atoms with Crippen molar-refractivity contribution in [2.24, 2.45) is 0 Å². The molecule has 1 N–H and O–H groups in total. The standard InChI is InChI=1S/C32H39Cl2N3O6S/c1-7-22(4)35-32(39)28(8-2)36(19-25-26(33)10-9-11-27(25)34)31(38)20-37(23-14-17-29(42-5)30(18-23)43-6)44(40,41)24-15-12-21(3)13-16-24/h9-18,22,28H,7-8,19-20H2,1-6H3,(H,35,39)/t22-,28-/m1/s1. The van der Waals surface area contributed by atoms with Crippen LogP contribution in [0.5, 0.6) is 11.5 Å². The first-order valence-electron chi connectivity index (χ1n) is 14.2. The van der Waals surface area contributed by atoms with E-state index in [4.69, 9.17) is 32.7 Å². The van der Waals surface area contributed by atoms with E-state index in [0.29, 0.717) is 27.8 Å². The second-order valence-corrected chi connectivity index (χ2v) is 13.0. The third-order valence-electron chi connectivity index (χ3n) is 7.32. The van der Waals surface area contributed by atoms with Gasteiger partial charge in [0.1, 0.15) is 12.6 Å². The van der Waals surface area contributed by atoms with E-state index >= 15 is 0 Å². The zero-order valence-electron chi connectivity index (χ0n) is 25.8. The second-order valence-electron chi connectivity index (χ2n) is 10.3. The molecule has 0 unspecified atom stereocenters. The fourth-order valence-corrected chi connectivity index (χ4v) is 6.48. The number of nitrogens with zero attached hydrogens (tertiary/aromatic N) is 2. The molecule has 0 aliphatic rings. The van der Waals surface area contributed by atoms with Gasteiger partial charge in [0.25, 0.3) is 10.0 Å². The quantitative estimate of drug-likeness (QED) is 0.219. The normalized spacial score (nSPS) is 12.6. The Bertz CT molecular complexity index is 1550. The summed E-state index contributed by atoms with van der Waals surface area (Å²) in [7, 11) is -1.37. The van der Waals surface area contributed by atoms with Crippen LogP contribution in [0, 0.1) is 6.92 Å². The van der Waals surface area contributed by atoms with Crippen molar-refractivity contribution < 1.29 is 27.5 Å². The van der Waals surface area contributed by atoms with E-state index in [1.54, 1.807) is 43.3 Å². The first kappa shape index (κ1) is 35.0. The second kappa shape index (κ2) is 15.5. The van der Waals surface area contributed by atoms with E-state index in [9.17, 15) is 18.0 Å². The molecule has 3 aromatic rings. The predicted molar refractivity (Wildman–Crippen MR) is 174 cm³/mol. The van der Waals surface area contributed by atoms with Crippen LogP contribution < -0.4 is 19.1 Å². The number of hydrogen-bond donors (Lipinski definition) is 1. The molecule has 9 nitrogen and oxygen atoms in total. The van der Waals surface area contributed by atoms with Crippen LogP contribution in [0.3, 0.4) is 0 Å². The minimum absolute atomic E-state index is 0.00654. The zero-order valence-corrected chi connectivity index (χ0v) is 28.1. The van der Waals surface area contributed by atoms with Crippen molar-refractivity contribution in [3.05, 3.63) is 81.8 Å². The van der Waals surface area contributed by atoms with Gasteiger partial charge in [-0.25, -0.2) is 8.42 Å². The molecule has 0 aromatic heterocycles. The third-order valence-corrected chi connectivity index (χ3v) is 9.82. The van der Waals surface area contributed by atoms with Gasteiger partial charge in [0.2, 0.25) is 11.8 Å². The number of anilines is 1. The molecular formula is C32H39Cl2N3O6S. The zero-order chi connectivity index (χ0) is 32.6. The van der Waals surface area contributed by atoms with Gasteiger partial charge in [0.15, 0.2) is 11.5 Å². The number of ether oxygens (including phenoxy) is 2. The Morgan fingerprint density at radius 3 is 2.07 bits per heavy atom. The van der Waals surface area contributed by atoms with E-state index in [1.165, 1.54) is 43.4 Å². The highest BCUT2D eigenvalue weighted by molar-refractivity contribution is 7.92. The molecule has 3 rings (SSSR count). The smallest absolute Gasteiger partial charge is 0.264 e. The maximum Gasteiger partial charge on any atom is 0.264 e. The van der Waals surface area contributed by atoms with Crippen molar-refractivity contribution in [1.29, 1.82) is 0 Å². The SMILES string of the molecule is CC[C@@H](C)NC(=O)[C@@H](CC)N(Cc1c(Cl)cccc1Cl)C(=O)CN(c1ccc(OC)c(OC)c1)S(=O)(=O)c1ccc(C)cc1. The fourth-order valence-electron chi connectivity index (χ4n) is 4.56. The number of amides is 2. The lowest BCUT2D eigenvalue weighted by atomic mass is 10.1. The van der Waals surface area contributed by atoms with Gasteiger partial charge in [-0.15, -0.1) is 0 Å². The van der Waals surface area contributed by atoms with Crippen LogP contribution in [-0.2, 0) is 26.2 Å². The molecule has 0 spiro atoms. The minimum Gasteiger partial charge on any atom is -0.493 e. The molecule has 0 fully saturated rings. The number of halogens is 2. The molecule has 44 heavy (non-hydrogen) atoms. The Hall–Kier alpha value is -3.47. The summed E-state index contributed by atoms with van der Waals surface area (Å²) < 4.78 is 40.1. The predicted octanol–water partition coefficient (Wildman–Crippen LogP) is 6.24. The van der Waals surface area contributed by atoms with Crippen molar-refractivity contribution in [2.75, 3.05) is 25.1 Å². The maximum absolute atomic E-state index is 14.3. The minimum atomic E-state index is -4.27. The van der Waals surface area contributed by atoms with Crippen LogP contribution in [-0.4, -0.2) is 58.0 Å². The molecule has 0 bridgehead atoms. The number of rotatable bonds is 14. The largest absolute Gasteiger partial charge is 0.493 e. The number of carbonyl (C=O) groups is 2. The van der Waals surface area contributed by atoms with Gasteiger partial charge in [-0.05, 0) is 63.1 Å². The number of hydrogen-bond acceptors (Lipinski definition) is 6. The Morgan fingerprint density at radius 1 is 0.909 bits per heavy atom. The van der Waals surface area contributed by atoms with Crippen LogP contribution in [0.4, 0.5) is 5.69 Å². The molecular weight excluding hydrogens is 625 g/mol. The van der Waals surface area contributed by atoms with Crippen molar-refractivity contribution in [3.8, 4) is 11.5 Å². The van der Waals surface area contributed by atoms with Gasteiger partial charge >= 0.3 is 0 Å². The summed E-state index contributed by atoms with van der Waals surface area (Å²) in [6.45, 7) is 6.70. The summed E-state index contributed by atoms with van der Waals surface area (Å²) in [5.41, 5.74) is 1.49. The topological polar surface area (TPSA) is 105 Å². The van der Waals surface area contributed by atoms with Crippen molar-refractivity contribution in [3.63, 3.8) is 0 Å². The molecule has 0 saturated heterocycles. The summed E-state index contributed by atoms with van der Waals surface area (Å²) in [4.78, 5) is 29.1. The highest BCUT2D eigenvalue weighted by atomic mass is 35.5. The van der Waals surface area contributed by atoms with E-state index in [2.05, 4.69) is 5.32 Å². The molecule has 3 aromatic carbocycles. The molecule has 0 aliphatic heterocycles. The number of methoxy groups -OCH3 is 2. The Morgan fingerprint density at radius 2 is 1.52 bits per heavy atom. The summed E-state index contributed by atoms with van der Waals surface area (Å²) in [6, 6.07) is 14.8. The molecule has 0 saturated carbocycles. The number of sulfonamides is 1. The highest BCUT2D eigenvalue weighted by Crippen LogP contribution is 2.34. The monoisotopic (exact) mass is 663 g/mol. The Balaban J connectivity index is 2.16. The first-order chi connectivity index (χ1) is 20.9. The molecule has 0 heterocycles. The van der Waals surface area contributed by atoms with E-state index in [-0.39, 0.29) is 41.2 Å². The Kier molecular flexibility index (Phi) is 12.3. The van der Waals surface area contributed by atoms with E-state index < -0.39 is 28.5 Å². The number of benzene rings is 3. The van der Waals surface area contributed by atoms with Gasteiger partial charge in [-0.1, -0.05) is 60.8 Å². The average molecular weight is 665 g/mol. The van der Waals surface area contributed by atoms with Crippen LogP contribution in [0.1, 0.15) is 44.7 Å². The van der Waals surface area contributed by atoms with Gasteiger partial charge in [-0.3, -0.25) is 13.9 Å². The van der Waals surface area contributed by atoms with Crippen molar-refractivity contribution in [1.82, 2.24) is 10.2 Å². The number of carbonyl (C=O) groups excluding carboxylic acids is 2. The molecule has 2 atom stereocenters. The van der Waals surface area contributed by atoms with Crippen LogP contribution in [0.15, 0.2) is 65.6 Å².